The number of nitrogens with zero attached hydrogens (tertiary/aromatic N) is 2. The largest absolute Gasteiger partial charge is 0.484 e. The molecule has 2 heterocycles. The molecule has 6 heteroatoms. The van der Waals surface area contributed by atoms with E-state index < -0.39 is 0 Å². The number of carbonyl (C=O) groups is 1. The van der Waals surface area contributed by atoms with Gasteiger partial charge in [-0.25, -0.2) is 0 Å². The number of hydrogen-bond donors (Lipinski definition) is 2. The van der Waals surface area contributed by atoms with Crippen LogP contribution in [0, 0.1) is 6.92 Å². The maximum Gasteiger partial charge on any atom is 0.258 e. The summed E-state index contributed by atoms with van der Waals surface area (Å²) in [6, 6.07) is 20.0. The monoisotopic (exact) mass is 390 g/mol. The van der Waals surface area contributed by atoms with Gasteiger partial charge in [-0.15, -0.1) is 0 Å². The lowest BCUT2D eigenvalue weighted by Gasteiger charge is -2.33. The summed E-state index contributed by atoms with van der Waals surface area (Å²) in [6.07, 6.45) is 1.97. The molecule has 1 unspecified atom stereocenters. The first-order valence-corrected chi connectivity index (χ1v) is 10.0. The van der Waals surface area contributed by atoms with Crippen molar-refractivity contribution in [1.29, 1.82) is 0 Å². The van der Waals surface area contributed by atoms with Crippen molar-refractivity contribution in [3.8, 4) is 17.0 Å². The van der Waals surface area contributed by atoms with E-state index in [0.717, 1.165) is 54.3 Å². The molecule has 1 atom stereocenters. The van der Waals surface area contributed by atoms with Crippen molar-refractivity contribution >= 4 is 11.7 Å². The third-order valence-electron chi connectivity index (χ3n) is 5.12. The minimum absolute atomic E-state index is 0.0283. The number of nitrogens with one attached hydrogen (secondary N) is 2. The summed E-state index contributed by atoms with van der Waals surface area (Å²) < 4.78 is 5.61. The minimum atomic E-state index is -0.0923. The number of amides is 1. The summed E-state index contributed by atoms with van der Waals surface area (Å²) in [4.78, 5) is 14.5. The van der Waals surface area contributed by atoms with Crippen LogP contribution < -0.4 is 15.0 Å². The second-order valence-electron chi connectivity index (χ2n) is 7.46. The van der Waals surface area contributed by atoms with Crippen molar-refractivity contribution in [2.75, 3.05) is 24.6 Å². The molecule has 2 N–H and O–H groups in total. The van der Waals surface area contributed by atoms with Gasteiger partial charge in [-0.2, -0.15) is 5.10 Å². The molecule has 6 nitrogen and oxygen atoms in total. The van der Waals surface area contributed by atoms with Gasteiger partial charge in [0, 0.05) is 25.2 Å². The Morgan fingerprint density at radius 2 is 2.07 bits per heavy atom. The van der Waals surface area contributed by atoms with Gasteiger partial charge in [-0.05, 0) is 43.0 Å². The first-order valence-electron chi connectivity index (χ1n) is 10.0. The van der Waals surface area contributed by atoms with Crippen molar-refractivity contribution in [3.05, 3.63) is 66.2 Å². The molecule has 29 heavy (non-hydrogen) atoms. The van der Waals surface area contributed by atoms with E-state index in [1.165, 1.54) is 0 Å². The number of aryl methyl sites for hydroxylation is 1. The van der Waals surface area contributed by atoms with Crippen molar-refractivity contribution in [2.24, 2.45) is 0 Å². The van der Waals surface area contributed by atoms with E-state index in [2.05, 4.69) is 38.6 Å². The van der Waals surface area contributed by atoms with Gasteiger partial charge in [0.25, 0.3) is 5.91 Å². The van der Waals surface area contributed by atoms with Crippen LogP contribution in [0.4, 0.5) is 5.82 Å². The molecule has 0 aliphatic carbocycles. The maximum atomic E-state index is 12.3. The summed E-state index contributed by atoms with van der Waals surface area (Å²) in [5.41, 5.74) is 3.22. The van der Waals surface area contributed by atoms with Crippen LogP contribution in [0.2, 0.25) is 0 Å². The van der Waals surface area contributed by atoms with Crippen LogP contribution in [-0.4, -0.2) is 41.8 Å². The van der Waals surface area contributed by atoms with Gasteiger partial charge in [-0.3, -0.25) is 9.89 Å². The number of ether oxygens (including phenoxy) is 1. The van der Waals surface area contributed by atoms with Crippen molar-refractivity contribution in [2.45, 2.75) is 25.8 Å². The molecule has 0 saturated carbocycles. The van der Waals surface area contributed by atoms with E-state index in [-0.39, 0.29) is 18.6 Å². The second-order valence-corrected chi connectivity index (χ2v) is 7.46. The van der Waals surface area contributed by atoms with E-state index in [1.54, 1.807) is 0 Å². The fourth-order valence-corrected chi connectivity index (χ4v) is 3.67. The van der Waals surface area contributed by atoms with Crippen LogP contribution in [0.1, 0.15) is 18.4 Å². The Kier molecular flexibility index (Phi) is 5.79. The first-order chi connectivity index (χ1) is 14.2. The molecule has 0 bridgehead atoms. The molecular weight excluding hydrogens is 364 g/mol. The topological polar surface area (TPSA) is 70.2 Å². The highest BCUT2D eigenvalue weighted by Crippen LogP contribution is 2.24. The number of aromatic nitrogens is 2. The van der Waals surface area contributed by atoms with E-state index in [4.69, 9.17) is 4.74 Å². The Labute approximate surface area is 170 Å². The zero-order chi connectivity index (χ0) is 20.1. The number of piperidine rings is 1. The Bertz CT molecular complexity index is 954. The Morgan fingerprint density at radius 3 is 2.90 bits per heavy atom. The van der Waals surface area contributed by atoms with Gasteiger partial charge in [0.05, 0.1) is 5.69 Å². The molecule has 0 radical (unpaired) electrons. The van der Waals surface area contributed by atoms with Crippen LogP contribution >= 0.6 is 0 Å². The van der Waals surface area contributed by atoms with E-state index in [0.29, 0.717) is 0 Å². The number of rotatable bonds is 6. The van der Waals surface area contributed by atoms with Gasteiger partial charge in [0.15, 0.2) is 12.4 Å². The molecule has 1 aromatic heterocycles. The van der Waals surface area contributed by atoms with Crippen LogP contribution in [0.25, 0.3) is 11.3 Å². The number of hydrogen-bond acceptors (Lipinski definition) is 4. The van der Waals surface area contributed by atoms with Gasteiger partial charge >= 0.3 is 0 Å². The molecule has 1 fully saturated rings. The zero-order valence-corrected chi connectivity index (χ0v) is 16.6. The number of benzene rings is 2. The Balaban J connectivity index is 1.31. The summed E-state index contributed by atoms with van der Waals surface area (Å²) in [5.74, 6) is 1.54. The fourth-order valence-electron chi connectivity index (χ4n) is 3.67. The molecule has 3 aromatic rings. The lowest BCUT2D eigenvalue weighted by atomic mass is 10.1. The second kappa shape index (κ2) is 8.82. The molecule has 0 spiro atoms. The predicted octanol–water partition coefficient (Wildman–Crippen LogP) is 3.55. The SMILES string of the molecule is Cc1cccc(OCC(=O)NC2CCCN(c3cc(-c4ccccc4)[nH]n3)C2)c1. The van der Waals surface area contributed by atoms with E-state index in [1.807, 2.05) is 49.4 Å². The average Bonchev–Trinajstić information content (AvgIpc) is 3.24. The molecule has 150 valence electrons. The van der Waals surface area contributed by atoms with Crippen LogP contribution in [0.15, 0.2) is 60.7 Å². The van der Waals surface area contributed by atoms with Gasteiger partial charge in [0.2, 0.25) is 0 Å². The van der Waals surface area contributed by atoms with Gasteiger partial charge in [-0.1, -0.05) is 42.5 Å². The molecule has 4 rings (SSSR count). The predicted molar refractivity (Wildman–Crippen MR) is 114 cm³/mol. The third kappa shape index (κ3) is 4.96. The molecule has 2 aromatic carbocycles. The Hall–Kier alpha value is -3.28. The van der Waals surface area contributed by atoms with Gasteiger partial charge in [0.1, 0.15) is 5.75 Å². The lowest BCUT2D eigenvalue weighted by Crippen LogP contribution is -2.49. The quantitative estimate of drug-likeness (QED) is 0.675. The van der Waals surface area contributed by atoms with Crippen molar-refractivity contribution in [1.82, 2.24) is 15.5 Å². The first kappa shape index (κ1) is 19.1. The Morgan fingerprint density at radius 1 is 1.21 bits per heavy atom. The van der Waals surface area contributed by atoms with Crippen LogP contribution in [0.3, 0.4) is 0 Å². The smallest absolute Gasteiger partial charge is 0.258 e. The number of H-pyrrole nitrogens is 1. The summed E-state index contributed by atoms with van der Waals surface area (Å²) in [6.45, 7) is 3.71. The molecule has 1 amide bonds. The third-order valence-corrected chi connectivity index (χ3v) is 5.12. The van der Waals surface area contributed by atoms with Crippen LogP contribution in [-0.2, 0) is 4.79 Å². The summed E-state index contributed by atoms with van der Waals surface area (Å²) >= 11 is 0. The molecule has 1 aliphatic heterocycles. The van der Waals surface area contributed by atoms with Crippen molar-refractivity contribution < 1.29 is 9.53 Å². The minimum Gasteiger partial charge on any atom is -0.484 e. The zero-order valence-electron chi connectivity index (χ0n) is 16.6. The summed E-state index contributed by atoms with van der Waals surface area (Å²) in [5, 5.41) is 10.7. The van der Waals surface area contributed by atoms with Crippen molar-refractivity contribution in [3.63, 3.8) is 0 Å². The average molecular weight is 390 g/mol. The molecular formula is C23H26N4O2. The van der Waals surface area contributed by atoms with E-state index >= 15 is 0 Å². The maximum absolute atomic E-state index is 12.3. The van der Waals surface area contributed by atoms with Gasteiger partial charge < -0.3 is 15.0 Å². The van der Waals surface area contributed by atoms with E-state index in [9.17, 15) is 4.79 Å². The summed E-state index contributed by atoms with van der Waals surface area (Å²) in [7, 11) is 0. The standard InChI is InChI=1S/C23H26N4O2/c1-17-7-5-11-20(13-17)29-16-23(28)24-19-10-6-12-27(15-19)22-14-21(25-26-22)18-8-3-2-4-9-18/h2-5,7-9,11,13-14,19H,6,10,12,15-16H2,1H3,(H,24,28)(H,25,26). The molecule has 1 aliphatic rings. The normalized spacial score (nSPS) is 16.4. The number of aromatic amines is 1. The number of anilines is 1. The fraction of sp³-hybridized carbons (Fsp3) is 0.304. The van der Waals surface area contributed by atoms with Crippen LogP contribution in [0.5, 0.6) is 5.75 Å². The highest BCUT2D eigenvalue weighted by molar-refractivity contribution is 5.78. The lowest BCUT2D eigenvalue weighted by molar-refractivity contribution is -0.123. The number of carbonyl (C=O) groups excluding carboxylic acids is 1. The molecule has 1 saturated heterocycles. The highest BCUT2D eigenvalue weighted by atomic mass is 16.5. The highest BCUT2D eigenvalue weighted by Gasteiger charge is 2.23.